The monoisotopic (exact) mass is 392 g/mol. The van der Waals surface area contributed by atoms with Gasteiger partial charge in [-0.2, -0.15) is 5.10 Å². The molecule has 0 aliphatic carbocycles. The SMILES string of the molecule is CCOc1ccc(CNC(=O)c2cc(NC(=O)Cc3ccccc3)n(C)n2)cc1. The number of hydrogen-bond donors (Lipinski definition) is 2. The second kappa shape index (κ2) is 9.54. The van der Waals surface area contributed by atoms with E-state index in [1.807, 2.05) is 61.5 Å². The summed E-state index contributed by atoms with van der Waals surface area (Å²) in [5.41, 5.74) is 2.11. The number of hydrogen-bond acceptors (Lipinski definition) is 4. The van der Waals surface area contributed by atoms with Crippen molar-refractivity contribution in [3.8, 4) is 5.75 Å². The molecule has 2 aromatic carbocycles. The Hall–Kier alpha value is -3.61. The third-order valence-electron chi connectivity index (χ3n) is 4.27. The van der Waals surface area contributed by atoms with Gasteiger partial charge in [0.25, 0.3) is 5.91 Å². The van der Waals surface area contributed by atoms with E-state index in [-0.39, 0.29) is 23.9 Å². The van der Waals surface area contributed by atoms with Crippen LogP contribution >= 0.6 is 0 Å². The summed E-state index contributed by atoms with van der Waals surface area (Å²) < 4.78 is 6.89. The quantitative estimate of drug-likeness (QED) is 0.617. The van der Waals surface area contributed by atoms with E-state index in [0.717, 1.165) is 16.9 Å². The number of nitrogens with one attached hydrogen (secondary N) is 2. The van der Waals surface area contributed by atoms with Gasteiger partial charge in [-0.1, -0.05) is 42.5 Å². The zero-order chi connectivity index (χ0) is 20.6. The van der Waals surface area contributed by atoms with E-state index in [1.165, 1.54) is 4.68 Å². The number of anilines is 1. The van der Waals surface area contributed by atoms with Crippen molar-refractivity contribution in [1.82, 2.24) is 15.1 Å². The lowest BCUT2D eigenvalue weighted by atomic mass is 10.1. The largest absolute Gasteiger partial charge is 0.494 e. The van der Waals surface area contributed by atoms with Crippen LogP contribution in [-0.2, 0) is 24.8 Å². The van der Waals surface area contributed by atoms with Crippen LogP contribution in [-0.4, -0.2) is 28.2 Å². The fourth-order valence-electron chi connectivity index (χ4n) is 2.81. The van der Waals surface area contributed by atoms with Gasteiger partial charge in [-0.15, -0.1) is 0 Å². The van der Waals surface area contributed by atoms with Crippen LogP contribution in [0.4, 0.5) is 5.82 Å². The minimum absolute atomic E-state index is 0.166. The maximum atomic E-state index is 12.4. The van der Waals surface area contributed by atoms with E-state index >= 15 is 0 Å². The van der Waals surface area contributed by atoms with E-state index < -0.39 is 0 Å². The first kappa shape index (κ1) is 20.1. The number of carbonyl (C=O) groups is 2. The van der Waals surface area contributed by atoms with E-state index in [0.29, 0.717) is 19.0 Å². The van der Waals surface area contributed by atoms with E-state index in [4.69, 9.17) is 4.74 Å². The Morgan fingerprint density at radius 1 is 1.03 bits per heavy atom. The van der Waals surface area contributed by atoms with Gasteiger partial charge in [-0.05, 0) is 30.2 Å². The van der Waals surface area contributed by atoms with Gasteiger partial charge < -0.3 is 15.4 Å². The Balaban J connectivity index is 1.55. The summed E-state index contributed by atoms with van der Waals surface area (Å²) in [6, 6.07) is 18.6. The molecule has 7 heteroatoms. The number of carbonyl (C=O) groups excluding carboxylic acids is 2. The maximum Gasteiger partial charge on any atom is 0.272 e. The van der Waals surface area contributed by atoms with Crippen LogP contribution in [0.15, 0.2) is 60.7 Å². The Bertz CT molecular complexity index is 965. The average molecular weight is 392 g/mol. The summed E-state index contributed by atoms with van der Waals surface area (Å²) in [6.07, 6.45) is 0.255. The van der Waals surface area contributed by atoms with Crippen LogP contribution in [0.1, 0.15) is 28.5 Å². The maximum absolute atomic E-state index is 12.4. The molecule has 2 N–H and O–H groups in total. The lowest BCUT2D eigenvalue weighted by Crippen LogP contribution is -2.23. The smallest absolute Gasteiger partial charge is 0.272 e. The Morgan fingerprint density at radius 3 is 2.45 bits per heavy atom. The Morgan fingerprint density at radius 2 is 1.76 bits per heavy atom. The summed E-state index contributed by atoms with van der Waals surface area (Å²) in [5, 5.41) is 9.82. The number of aromatic nitrogens is 2. The molecule has 1 heterocycles. The van der Waals surface area contributed by atoms with Gasteiger partial charge >= 0.3 is 0 Å². The lowest BCUT2D eigenvalue weighted by Gasteiger charge is -2.06. The lowest BCUT2D eigenvalue weighted by molar-refractivity contribution is -0.115. The van der Waals surface area contributed by atoms with E-state index in [1.54, 1.807) is 13.1 Å². The van der Waals surface area contributed by atoms with Crippen LogP contribution in [0.2, 0.25) is 0 Å². The molecule has 0 saturated heterocycles. The predicted molar refractivity (Wildman–Crippen MR) is 111 cm³/mol. The van der Waals surface area contributed by atoms with Gasteiger partial charge in [-0.25, -0.2) is 0 Å². The zero-order valence-electron chi connectivity index (χ0n) is 16.5. The van der Waals surface area contributed by atoms with Crippen LogP contribution in [0, 0.1) is 0 Å². The molecule has 0 aliphatic rings. The van der Waals surface area contributed by atoms with Crippen molar-refractivity contribution < 1.29 is 14.3 Å². The predicted octanol–water partition coefficient (Wildman–Crippen LogP) is 2.93. The van der Waals surface area contributed by atoms with Crippen molar-refractivity contribution in [1.29, 1.82) is 0 Å². The second-order valence-corrected chi connectivity index (χ2v) is 6.51. The minimum atomic E-state index is -0.307. The van der Waals surface area contributed by atoms with Crippen molar-refractivity contribution in [2.75, 3.05) is 11.9 Å². The number of amides is 2. The summed E-state index contributed by atoms with van der Waals surface area (Å²) in [5.74, 6) is 0.791. The van der Waals surface area contributed by atoms with Crippen molar-refractivity contribution in [3.63, 3.8) is 0 Å². The highest BCUT2D eigenvalue weighted by molar-refractivity contribution is 5.95. The van der Waals surface area contributed by atoms with Crippen LogP contribution in [0.3, 0.4) is 0 Å². The van der Waals surface area contributed by atoms with Crippen molar-refractivity contribution in [2.24, 2.45) is 7.05 Å². The third-order valence-corrected chi connectivity index (χ3v) is 4.27. The first-order valence-corrected chi connectivity index (χ1v) is 9.43. The molecule has 7 nitrogen and oxygen atoms in total. The highest BCUT2D eigenvalue weighted by atomic mass is 16.5. The number of aryl methyl sites for hydroxylation is 1. The van der Waals surface area contributed by atoms with Crippen LogP contribution in [0.5, 0.6) is 5.75 Å². The molecule has 0 spiro atoms. The van der Waals surface area contributed by atoms with Crippen molar-refractivity contribution >= 4 is 17.6 Å². The molecule has 0 saturated carbocycles. The summed E-state index contributed by atoms with van der Waals surface area (Å²) in [6.45, 7) is 2.91. The average Bonchev–Trinajstić information content (AvgIpc) is 3.08. The second-order valence-electron chi connectivity index (χ2n) is 6.51. The third kappa shape index (κ3) is 5.68. The highest BCUT2D eigenvalue weighted by Gasteiger charge is 2.14. The van der Waals surface area contributed by atoms with Gasteiger partial charge in [0.1, 0.15) is 11.6 Å². The molecular formula is C22H24N4O3. The standard InChI is InChI=1S/C22H24N4O3/c1-3-29-18-11-9-17(10-12-18)15-23-22(28)19-14-20(26(2)25-19)24-21(27)13-16-7-5-4-6-8-16/h4-12,14H,3,13,15H2,1-2H3,(H,23,28)(H,24,27). The van der Waals surface area contributed by atoms with Crippen LogP contribution < -0.4 is 15.4 Å². The molecule has 1 aromatic heterocycles. The normalized spacial score (nSPS) is 10.4. The molecule has 0 fully saturated rings. The van der Waals surface area contributed by atoms with Gasteiger partial charge in [-0.3, -0.25) is 14.3 Å². The van der Waals surface area contributed by atoms with E-state index in [2.05, 4.69) is 15.7 Å². The van der Waals surface area contributed by atoms with Gasteiger partial charge in [0.2, 0.25) is 5.91 Å². The molecule has 150 valence electrons. The van der Waals surface area contributed by atoms with Crippen LogP contribution in [0.25, 0.3) is 0 Å². The molecule has 0 unspecified atom stereocenters. The number of benzene rings is 2. The van der Waals surface area contributed by atoms with Gasteiger partial charge in [0.05, 0.1) is 13.0 Å². The molecular weight excluding hydrogens is 368 g/mol. The Kier molecular flexibility index (Phi) is 6.63. The van der Waals surface area contributed by atoms with E-state index in [9.17, 15) is 9.59 Å². The first-order chi connectivity index (χ1) is 14.0. The number of nitrogens with zero attached hydrogens (tertiary/aromatic N) is 2. The summed E-state index contributed by atoms with van der Waals surface area (Å²) in [7, 11) is 1.68. The topological polar surface area (TPSA) is 85.3 Å². The summed E-state index contributed by atoms with van der Waals surface area (Å²) in [4.78, 5) is 24.6. The molecule has 29 heavy (non-hydrogen) atoms. The fraction of sp³-hybridized carbons (Fsp3) is 0.227. The van der Waals surface area contributed by atoms with Gasteiger partial charge in [0.15, 0.2) is 5.69 Å². The summed E-state index contributed by atoms with van der Waals surface area (Å²) >= 11 is 0. The fourth-order valence-corrected chi connectivity index (χ4v) is 2.81. The molecule has 0 radical (unpaired) electrons. The zero-order valence-corrected chi connectivity index (χ0v) is 16.5. The number of rotatable bonds is 8. The van der Waals surface area contributed by atoms with Crippen molar-refractivity contribution in [3.05, 3.63) is 77.5 Å². The Labute approximate surface area is 169 Å². The molecule has 0 atom stereocenters. The molecule has 0 aliphatic heterocycles. The number of ether oxygens (including phenoxy) is 1. The van der Waals surface area contributed by atoms with Crippen molar-refractivity contribution in [2.45, 2.75) is 19.9 Å². The van der Waals surface area contributed by atoms with Gasteiger partial charge in [0, 0.05) is 19.7 Å². The molecule has 2 amide bonds. The minimum Gasteiger partial charge on any atom is -0.494 e. The molecule has 3 aromatic rings. The highest BCUT2D eigenvalue weighted by Crippen LogP contribution is 2.13. The molecule has 3 rings (SSSR count). The molecule has 0 bridgehead atoms. The first-order valence-electron chi connectivity index (χ1n) is 9.43.